The summed E-state index contributed by atoms with van der Waals surface area (Å²) in [6.45, 7) is 7.19. The molecule has 0 fully saturated rings. The molecule has 1 amide bonds. The number of amides is 1. The number of anilines is 1. The first-order chi connectivity index (χ1) is 15.2. The van der Waals surface area contributed by atoms with E-state index in [0.29, 0.717) is 37.8 Å². The summed E-state index contributed by atoms with van der Waals surface area (Å²) in [6.07, 6.45) is 1.75. The van der Waals surface area contributed by atoms with Gasteiger partial charge in [-0.25, -0.2) is 4.99 Å². The van der Waals surface area contributed by atoms with Gasteiger partial charge in [-0.1, -0.05) is 25.1 Å². The summed E-state index contributed by atoms with van der Waals surface area (Å²) >= 11 is 0. The highest BCUT2D eigenvalue weighted by atomic mass is 127. The van der Waals surface area contributed by atoms with E-state index in [1.807, 2.05) is 62.4 Å². The average molecular weight is 554 g/mol. The second-order valence-corrected chi connectivity index (χ2v) is 7.00. The average Bonchev–Trinajstić information content (AvgIpc) is 2.79. The zero-order chi connectivity index (χ0) is 22.3. The topological polar surface area (TPSA) is 84.0 Å². The van der Waals surface area contributed by atoms with Gasteiger partial charge in [-0.2, -0.15) is 0 Å². The number of carbonyl (C=O) groups is 1. The Kier molecular flexibility index (Phi) is 14.1. The summed E-state index contributed by atoms with van der Waals surface area (Å²) in [4.78, 5) is 16.9. The van der Waals surface area contributed by atoms with Crippen LogP contribution in [0.15, 0.2) is 53.5 Å². The van der Waals surface area contributed by atoms with Gasteiger partial charge in [-0.05, 0) is 43.2 Å². The fraction of sp³-hybridized carbons (Fsp3) is 0.417. The van der Waals surface area contributed by atoms with E-state index in [-0.39, 0.29) is 29.9 Å². The molecule has 2 aromatic carbocycles. The van der Waals surface area contributed by atoms with Gasteiger partial charge in [-0.3, -0.25) is 4.79 Å². The number of halogens is 1. The minimum atomic E-state index is -0.0555. The van der Waals surface area contributed by atoms with Gasteiger partial charge in [0, 0.05) is 50.5 Å². The maximum Gasteiger partial charge on any atom is 0.251 e. The molecule has 0 radical (unpaired) electrons. The van der Waals surface area contributed by atoms with Crippen LogP contribution in [0.4, 0.5) is 5.69 Å². The van der Waals surface area contributed by atoms with Crippen molar-refractivity contribution in [2.75, 3.05) is 38.7 Å². The Bertz CT molecular complexity index is 845. The molecule has 0 aliphatic carbocycles. The number of benzene rings is 2. The van der Waals surface area contributed by atoms with Gasteiger partial charge in [0.2, 0.25) is 0 Å². The van der Waals surface area contributed by atoms with Crippen LogP contribution in [0, 0.1) is 0 Å². The zero-order valence-corrected chi connectivity index (χ0v) is 21.5. The lowest BCUT2D eigenvalue weighted by Crippen LogP contribution is -2.30. The van der Waals surface area contributed by atoms with Crippen molar-refractivity contribution in [3.8, 4) is 5.75 Å². The lowest BCUT2D eigenvalue weighted by atomic mass is 10.1. The van der Waals surface area contributed by atoms with Crippen LogP contribution in [0.2, 0.25) is 0 Å². The fourth-order valence-corrected chi connectivity index (χ4v) is 2.82. The Morgan fingerprint density at radius 1 is 1.03 bits per heavy atom. The molecule has 176 valence electrons. The third kappa shape index (κ3) is 10.3. The van der Waals surface area contributed by atoms with E-state index < -0.39 is 0 Å². The standard InChI is InChI=1S/C24H34N4O3.HI/c1-4-13-26-23(29)20-10-6-9-19(16-20)18-27-24(25-5-2)28-21-11-7-12-22(17-21)31-15-8-14-30-3;/h6-7,9-12,16-17H,4-5,8,13-15,18H2,1-3H3,(H,26,29)(H2,25,27,28);1H. The van der Waals surface area contributed by atoms with Crippen LogP contribution in [0.25, 0.3) is 0 Å². The van der Waals surface area contributed by atoms with Gasteiger partial charge in [-0.15, -0.1) is 24.0 Å². The van der Waals surface area contributed by atoms with Crippen LogP contribution in [0.1, 0.15) is 42.6 Å². The van der Waals surface area contributed by atoms with Crippen LogP contribution >= 0.6 is 24.0 Å². The molecule has 0 saturated carbocycles. The first-order valence-corrected chi connectivity index (χ1v) is 10.8. The third-order valence-corrected chi connectivity index (χ3v) is 4.35. The second kappa shape index (κ2) is 16.3. The highest BCUT2D eigenvalue weighted by Crippen LogP contribution is 2.17. The van der Waals surface area contributed by atoms with Crippen LogP contribution in [-0.2, 0) is 11.3 Å². The van der Waals surface area contributed by atoms with E-state index in [9.17, 15) is 4.79 Å². The van der Waals surface area contributed by atoms with Crippen LogP contribution in [0.3, 0.4) is 0 Å². The highest BCUT2D eigenvalue weighted by molar-refractivity contribution is 14.0. The Morgan fingerprint density at radius 2 is 1.84 bits per heavy atom. The van der Waals surface area contributed by atoms with E-state index in [1.54, 1.807) is 7.11 Å². The van der Waals surface area contributed by atoms with Gasteiger partial charge >= 0.3 is 0 Å². The van der Waals surface area contributed by atoms with Crippen molar-refractivity contribution in [1.82, 2.24) is 10.6 Å². The van der Waals surface area contributed by atoms with Crippen molar-refractivity contribution in [2.24, 2.45) is 4.99 Å². The predicted molar refractivity (Wildman–Crippen MR) is 141 cm³/mol. The summed E-state index contributed by atoms with van der Waals surface area (Å²) in [6, 6.07) is 15.3. The first kappa shape index (κ1) is 27.7. The minimum absolute atomic E-state index is 0. The van der Waals surface area contributed by atoms with E-state index >= 15 is 0 Å². The predicted octanol–water partition coefficient (Wildman–Crippen LogP) is 4.44. The molecule has 0 aromatic heterocycles. The number of aliphatic imine (C=N–C) groups is 1. The van der Waals surface area contributed by atoms with Gasteiger partial charge in [0.15, 0.2) is 5.96 Å². The Hall–Kier alpha value is -2.33. The normalized spacial score (nSPS) is 10.8. The molecule has 0 unspecified atom stereocenters. The second-order valence-electron chi connectivity index (χ2n) is 7.00. The van der Waals surface area contributed by atoms with Crippen LogP contribution in [-0.4, -0.2) is 45.3 Å². The molecule has 0 atom stereocenters. The number of ether oxygens (including phenoxy) is 2. The lowest BCUT2D eigenvalue weighted by Gasteiger charge is -2.13. The molecular weight excluding hydrogens is 519 g/mol. The quantitative estimate of drug-likeness (QED) is 0.157. The molecule has 0 aliphatic rings. The molecular formula is C24H35IN4O3. The number of hydrogen-bond acceptors (Lipinski definition) is 4. The zero-order valence-electron chi connectivity index (χ0n) is 19.1. The maximum absolute atomic E-state index is 12.2. The first-order valence-electron chi connectivity index (χ1n) is 10.8. The van der Waals surface area contributed by atoms with Gasteiger partial charge < -0.3 is 25.4 Å². The van der Waals surface area contributed by atoms with Gasteiger partial charge in [0.05, 0.1) is 13.2 Å². The molecule has 0 bridgehead atoms. The van der Waals surface area contributed by atoms with Crippen molar-refractivity contribution < 1.29 is 14.3 Å². The van der Waals surface area contributed by atoms with Crippen molar-refractivity contribution in [2.45, 2.75) is 33.2 Å². The van der Waals surface area contributed by atoms with Crippen molar-refractivity contribution >= 4 is 41.5 Å². The van der Waals surface area contributed by atoms with E-state index in [1.165, 1.54) is 0 Å². The number of nitrogens with zero attached hydrogens (tertiary/aromatic N) is 1. The fourth-order valence-electron chi connectivity index (χ4n) is 2.82. The number of rotatable bonds is 12. The van der Waals surface area contributed by atoms with Crippen LogP contribution in [0.5, 0.6) is 5.75 Å². The molecule has 8 heteroatoms. The van der Waals surface area contributed by atoms with Gasteiger partial charge in [0.1, 0.15) is 5.75 Å². The Balaban J connectivity index is 0.00000512. The molecule has 0 spiro atoms. The van der Waals surface area contributed by atoms with Crippen molar-refractivity contribution in [3.63, 3.8) is 0 Å². The SMILES string of the molecule is CCCNC(=O)c1cccc(CN=C(NCC)Nc2cccc(OCCCOC)c2)c1.I. The molecule has 2 aromatic rings. The molecule has 7 nitrogen and oxygen atoms in total. The summed E-state index contributed by atoms with van der Waals surface area (Å²) in [5.41, 5.74) is 2.51. The highest BCUT2D eigenvalue weighted by Gasteiger charge is 2.06. The summed E-state index contributed by atoms with van der Waals surface area (Å²) in [7, 11) is 1.68. The number of methoxy groups -OCH3 is 1. The molecule has 0 heterocycles. The number of carbonyl (C=O) groups excluding carboxylic acids is 1. The molecule has 0 aliphatic heterocycles. The Morgan fingerprint density at radius 3 is 2.59 bits per heavy atom. The van der Waals surface area contributed by atoms with Gasteiger partial charge in [0.25, 0.3) is 5.91 Å². The molecule has 2 rings (SSSR count). The third-order valence-electron chi connectivity index (χ3n) is 4.35. The maximum atomic E-state index is 12.2. The minimum Gasteiger partial charge on any atom is -0.493 e. The van der Waals surface area contributed by atoms with Crippen LogP contribution < -0.4 is 20.7 Å². The summed E-state index contributed by atoms with van der Waals surface area (Å²) < 4.78 is 10.8. The summed E-state index contributed by atoms with van der Waals surface area (Å²) in [5.74, 6) is 1.41. The van der Waals surface area contributed by atoms with E-state index in [4.69, 9.17) is 9.47 Å². The van der Waals surface area contributed by atoms with E-state index in [2.05, 4.69) is 20.9 Å². The number of guanidine groups is 1. The Labute approximate surface area is 208 Å². The van der Waals surface area contributed by atoms with E-state index in [0.717, 1.165) is 36.4 Å². The lowest BCUT2D eigenvalue weighted by molar-refractivity contribution is 0.0953. The molecule has 3 N–H and O–H groups in total. The summed E-state index contributed by atoms with van der Waals surface area (Å²) in [5, 5.41) is 9.46. The van der Waals surface area contributed by atoms with Crippen molar-refractivity contribution in [1.29, 1.82) is 0 Å². The molecule has 0 saturated heterocycles. The smallest absolute Gasteiger partial charge is 0.251 e. The largest absolute Gasteiger partial charge is 0.493 e. The monoisotopic (exact) mass is 554 g/mol. The molecule has 32 heavy (non-hydrogen) atoms. The number of hydrogen-bond donors (Lipinski definition) is 3. The van der Waals surface area contributed by atoms with Crippen molar-refractivity contribution in [3.05, 3.63) is 59.7 Å². The number of nitrogens with one attached hydrogen (secondary N) is 3.